The molecule has 2 aromatic rings. The van der Waals surface area contributed by atoms with E-state index in [-0.39, 0.29) is 5.82 Å². The van der Waals surface area contributed by atoms with E-state index in [2.05, 4.69) is 13.8 Å². The van der Waals surface area contributed by atoms with Gasteiger partial charge in [0.15, 0.2) is 0 Å². The highest BCUT2D eigenvalue weighted by atomic mass is 35.5. The highest BCUT2D eigenvalue weighted by Gasteiger charge is 2.16. The van der Waals surface area contributed by atoms with E-state index < -0.39 is 6.10 Å². The molecule has 0 unspecified atom stereocenters. The van der Waals surface area contributed by atoms with Crippen molar-refractivity contribution in [3.05, 3.63) is 64.4 Å². The SMILES string of the molecule is CC(C)Cc1ccc(O[C@H](C)c2c(F)cccc2Cl)cc1. The largest absolute Gasteiger partial charge is 0.486 e. The van der Waals surface area contributed by atoms with E-state index in [1.807, 2.05) is 24.3 Å². The van der Waals surface area contributed by atoms with Gasteiger partial charge in [-0.1, -0.05) is 43.6 Å². The first-order chi connectivity index (χ1) is 9.97. The van der Waals surface area contributed by atoms with Crippen molar-refractivity contribution in [3.63, 3.8) is 0 Å². The van der Waals surface area contributed by atoms with Crippen LogP contribution in [0.25, 0.3) is 0 Å². The maximum atomic E-state index is 13.8. The lowest BCUT2D eigenvalue weighted by Gasteiger charge is -2.17. The molecule has 0 aliphatic rings. The molecular formula is C18H20ClFO. The van der Waals surface area contributed by atoms with Gasteiger partial charge >= 0.3 is 0 Å². The molecule has 21 heavy (non-hydrogen) atoms. The minimum Gasteiger partial charge on any atom is -0.486 e. The summed E-state index contributed by atoms with van der Waals surface area (Å²) in [5, 5.41) is 0.388. The van der Waals surface area contributed by atoms with E-state index in [1.54, 1.807) is 19.1 Å². The highest BCUT2D eigenvalue weighted by molar-refractivity contribution is 6.31. The number of ether oxygens (including phenoxy) is 1. The Morgan fingerprint density at radius 1 is 1.05 bits per heavy atom. The molecule has 0 spiro atoms. The second-order valence-electron chi connectivity index (χ2n) is 5.64. The molecule has 0 aliphatic carbocycles. The molecular weight excluding hydrogens is 287 g/mol. The molecule has 0 aliphatic heterocycles. The van der Waals surface area contributed by atoms with Crippen LogP contribution in [0.15, 0.2) is 42.5 Å². The first kappa shape index (κ1) is 15.8. The van der Waals surface area contributed by atoms with Gasteiger partial charge in [0.2, 0.25) is 0 Å². The molecule has 0 saturated heterocycles. The van der Waals surface area contributed by atoms with Crippen LogP contribution in [0.1, 0.15) is 38.0 Å². The zero-order chi connectivity index (χ0) is 15.4. The Morgan fingerprint density at radius 3 is 2.29 bits per heavy atom. The Morgan fingerprint density at radius 2 is 1.71 bits per heavy atom. The van der Waals surface area contributed by atoms with Crippen molar-refractivity contribution in [3.8, 4) is 5.75 Å². The summed E-state index contributed by atoms with van der Waals surface area (Å²) in [5.41, 5.74) is 1.67. The third-order valence-electron chi connectivity index (χ3n) is 3.29. The van der Waals surface area contributed by atoms with Gasteiger partial charge in [-0.15, -0.1) is 0 Å². The molecule has 0 bridgehead atoms. The zero-order valence-corrected chi connectivity index (χ0v) is 13.3. The molecule has 0 heterocycles. The molecule has 1 nitrogen and oxygen atoms in total. The monoisotopic (exact) mass is 306 g/mol. The minimum absolute atomic E-state index is 0.341. The summed E-state index contributed by atoms with van der Waals surface area (Å²) in [6.07, 6.45) is 0.601. The zero-order valence-electron chi connectivity index (χ0n) is 12.6. The summed E-state index contributed by atoms with van der Waals surface area (Å²) in [6.45, 7) is 6.17. The fourth-order valence-corrected chi connectivity index (χ4v) is 2.65. The van der Waals surface area contributed by atoms with Gasteiger partial charge in [0.05, 0.1) is 5.02 Å². The standard InChI is InChI=1S/C18H20ClFO/c1-12(2)11-14-7-9-15(10-8-14)21-13(3)18-16(19)5-4-6-17(18)20/h4-10,12-13H,11H2,1-3H3/t13-/m1/s1. The van der Waals surface area contributed by atoms with Crippen LogP contribution in [0, 0.1) is 11.7 Å². The van der Waals surface area contributed by atoms with Gasteiger partial charge in [-0.05, 0) is 49.1 Å². The Bertz CT molecular complexity index is 572. The Balaban J connectivity index is 2.11. The first-order valence-corrected chi connectivity index (χ1v) is 7.54. The van der Waals surface area contributed by atoms with E-state index in [0.29, 0.717) is 22.3 Å². The van der Waals surface area contributed by atoms with Crippen LogP contribution < -0.4 is 4.74 Å². The molecule has 112 valence electrons. The van der Waals surface area contributed by atoms with Crippen LogP contribution in [0.4, 0.5) is 4.39 Å². The third kappa shape index (κ3) is 4.21. The van der Waals surface area contributed by atoms with Crippen LogP contribution in [-0.4, -0.2) is 0 Å². The van der Waals surface area contributed by atoms with Gasteiger partial charge in [-0.2, -0.15) is 0 Å². The smallest absolute Gasteiger partial charge is 0.131 e. The summed E-state index contributed by atoms with van der Waals surface area (Å²) in [4.78, 5) is 0. The van der Waals surface area contributed by atoms with Crippen LogP contribution in [-0.2, 0) is 6.42 Å². The molecule has 0 aromatic heterocycles. The predicted molar refractivity (Wildman–Crippen MR) is 85.4 cm³/mol. The van der Waals surface area contributed by atoms with Crippen LogP contribution >= 0.6 is 11.6 Å². The van der Waals surface area contributed by atoms with Gasteiger partial charge in [0, 0.05) is 5.56 Å². The Kier molecular flexibility index (Phi) is 5.24. The van der Waals surface area contributed by atoms with Gasteiger partial charge < -0.3 is 4.74 Å². The summed E-state index contributed by atoms with van der Waals surface area (Å²) >= 11 is 6.05. The quantitative estimate of drug-likeness (QED) is 0.676. The van der Waals surface area contributed by atoms with Crippen molar-refractivity contribution in [1.29, 1.82) is 0 Å². The van der Waals surface area contributed by atoms with Crippen LogP contribution in [0.5, 0.6) is 5.75 Å². The van der Waals surface area contributed by atoms with Crippen molar-refractivity contribution in [2.24, 2.45) is 5.92 Å². The minimum atomic E-state index is -0.436. The molecule has 0 saturated carbocycles. The van der Waals surface area contributed by atoms with Crippen LogP contribution in [0.2, 0.25) is 5.02 Å². The maximum absolute atomic E-state index is 13.8. The van der Waals surface area contributed by atoms with Crippen molar-refractivity contribution < 1.29 is 9.13 Å². The lowest BCUT2D eigenvalue weighted by atomic mass is 10.0. The van der Waals surface area contributed by atoms with Gasteiger partial charge in [0.1, 0.15) is 17.7 Å². The van der Waals surface area contributed by atoms with E-state index >= 15 is 0 Å². The molecule has 1 atom stereocenters. The van der Waals surface area contributed by atoms with Gasteiger partial charge in [-0.25, -0.2) is 4.39 Å². The summed E-state index contributed by atoms with van der Waals surface area (Å²) in [7, 11) is 0. The van der Waals surface area contributed by atoms with Gasteiger partial charge in [-0.3, -0.25) is 0 Å². The van der Waals surface area contributed by atoms with Crippen molar-refractivity contribution in [2.75, 3.05) is 0 Å². The fourth-order valence-electron chi connectivity index (χ4n) is 2.34. The molecule has 0 amide bonds. The fraction of sp³-hybridized carbons (Fsp3) is 0.333. The second kappa shape index (κ2) is 6.95. The molecule has 2 rings (SSSR count). The van der Waals surface area contributed by atoms with E-state index in [0.717, 1.165) is 6.42 Å². The average Bonchev–Trinajstić information content (AvgIpc) is 2.40. The number of hydrogen-bond acceptors (Lipinski definition) is 1. The summed E-state index contributed by atoms with van der Waals surface area (Å²) in [6, 6.07) is 12.6. The van der Waals surface area contributed by atoms with Crippen molar-refractivity contribution in [1.82, 2.24) is 0 Å². The van der Waals surface area contributed by atoms with Crippen LogP contribution in [0.3, 0.4) is 0 Å². The molecule has 2 aromatic carbocycles. The number of benzene rings is 2. The molecule has 0 N–H and O–H groups in total. The molecule has 0 radical (unpaired) electrons. The van der Waals surface area contributed by atoms with Gasteiger partial charge in [0.25, 0.3) is 0 Å². The number of halogens is 2. The van der Waals surface area contributed by atoms with Crippen molar-refractivity contribution >= 4 is 11.6 Å². The topological polar surface area (TPSA) is 9.23 Å². The molecule has 3 heteroatoms. The normalized spacial score (nSPS) is 12.5. The highest BCUT2D eigenvalue weighted by Crippen LogP contribution is 2.29. The molecule has 0 fully saturated rings. The van der Waals surface area contributed by atoms with E-state index in [4.69, 9.17) is 16.3 Å². The maximum Gasteiger partial charge on any atom is 0.131 e. The van der Waals surface area contributed by atoms with Crippen molar-refractivity contribution in [2.45, 2.75) is 33.3 Å². The van der Waals surface area contributed by atoms with E-state index in [1.165, 1.54) is 11.6 Å². The number of rotatable bonds is 5. The Hall–Kier alpha value is -1.54. The Labute approximate surface area is 130 Å². The predicted octanol–water partition coefficient (Wildman–Crippen LogP) is 5.82. The third-order valence-corrected chi connectivity index (χ3v) is 3.62. The lowest BCUT2D eigenvalue weighted by molar-refractivity contribution is 0.221. The summed E-state index contributed by atoms with van der Waals surface area (Å²) in [5.74, 6) is 0.994. The average molecular weight is 307 g/mol. The summed E-state index contributed by atoms with van der Waals surface area (Å²) < 4.78 is 19.6. The second-order valence-corrected chi connectivity index (χ2v) is 6.04. The van der Waals surface area contributed by atoms with E-state index in [9.17, 15) is 4.39 Å². The lowest BCUT2D eigenvalue weighted by Crippen LogP contribution is -2.06. The number of hydrogen-bond donors (Lipinski definition) is 0. The first-order valence-electron chi connectivity index (χ1n) is 7.17.